The van der Waals surface area contributed by atoms with Crippen molar-refractivity contribution in [3.8, 4) is 0 Å². The quantitative estimate of drug-likeness (QED) is 0.709. The van der Waals surface area contributed by atoms with Gasteiger partial charge in [-0.3, -0.25) is 4.79 Å². The Balaban J connectivity index is 2.59. The van der Waals surface area contributed by atoms with Crippen molar-refractivity contribution in [1.82, 2.24) is 5.32 Å². The molecule has 0 aromatic heterocycles. The topological polar surface area (TPSA) is 38.3 Å². The van der Waals surface area contributed by atoms with E-state index < -0.39 is 0 Å². The summed E-state index contributed by atoms with van der Waals surface area (Å²) in [6.07, 6.45) is 2.39. The standard InChI is InChI=1S/C18H29NO2/c1-5-19-17(13-18(20)21-6-2)12-16-9-7-15(8-10-16)11-14(3)4/h7-10,14,17,19H,5-6,11-13H2,1-4H3. The SMILES string of the molecule is CCNC(CC(=O)OCC)Cc1ccc(CC(C)C)cc1. The van der Waals surface area contributed by atoms with Crippen LogP contribution in [0.2, 0.25) is 0 Å². The van der Waals surface area contributed by atoms with Gasteiger partial charge in [-0.05, 0) is 43.4 Å². The van der Waals surface area contributed by atoms with Gasteiger partial charge in [-0.2, -0.15) is 0 Å². The van der Waals surface area contributed by atoms with E-state index in [2.05, 4.69) is 50.4 Å². The summed E-state index contributed by atoms with van der Waals surface area (Å²) < 4.78 is 5.04. The molecule has 0 aliphatic rings. The maximum atomic E-state index is 11.6. The lowest BCUT2D eigenvalue weighted by Crippen LogP contribution is -2.33. The number of carbonyl (C=O) groups excluding carboxylic acids is 1. The molecule has 3 nitrogen and oxygen atoms in total. The number of hydrogen-bond acceptors (Lipinski definition) is 3. The van der Waals surface area contributed by atoms with Gasteiger partial charge in [-0.1, -0.05) is 45.0 Å². The van der Waals surface area contributed by atoms with E-state index in [1.54, 1.807) is 0 Å². The summed E-state index contributed by atoms with van der Waals surface area (Å²) in [5, 5.41) is 3.37. The highest BCUT2D eigenvalue weighted by Crippen LogP contribution is 2.12. The largest absolute Gasteiger partial charge is 0.466 e. The predicted molar refractivity (Wildman–Crippen MR) is 87.4 cm³/mol. The molecule has 0 aliphatic heterocycles. The lowest BCUT2D eigenvalue weighted by atomic mass is 9.98. The van der Waals surface area contributed by atoms with Crippen LogP contribution in [0.25, 0.3) is 0 Å². The number of likely N-dealkylation sites (N-methyl/N-ethyl adjacent to an activating group) is 1. The zero-order valence-electron chi connectivity index (χ0n) is 13.8. The molecule has 0 heterocycles. The minimum atomic E-state index is -0.125. The Hall–Kier alpha value is -1.35. The van der Waals surface area contributed by atoms with E-state index in [-0.39, 0.29) is 12.0 Å². The van der Waals surface area contributed by atoms with Crippen molar-refractivity contribution in [3.63, 3.8) is 0 Å². The first-order chi connectivity index (χ1) is 10.0. The summed E-state index contributed by atoms with van der Waals surface area (Å²) >= 11 is 0. The molecule has 1 N–H and O–H groups in total. The molecule has 1 rings (SSSR count). The Morgan fingerprint density at radius 1 is 1.10 bits per heavy atom. The van der Waals surface area contributed by atoms with Gasteiger partial charge < -0.3 is 10.1 Å². The lowest BCUT2D eigenvalue weighted by Gasteiger charge is -2.17. The minimum absolute atomic E-state index is 0.125. The molecule has 1 unspecified atom stereocenters. The Morgan fingerprint density at radius 2 is 1.67 bits per heavy atom. The van der Waals surface area contributed by atoms with Crippen LogP contribution >= 0.6 is 0 Å². The summed E-state index contributed by atoms with van der Waals surface area (Å²) in [4.78, 5) is 11.6. The summed E-state index contributed by atoms with van der Waals surface area (Å²) in [5.41, 5.74) is 2.64. The Bertz CT molecular complexity index is 412. The average Bonchev–Trinajstić information content (AvgIpc) is 2.41. The molecule has 0 bridgehead atoms. The smallest absolute Gasteiger partial charge is 0.307 e. The van der Waals surface area contributed by atoms with Crippen LogP contribution in [0.5, 0.6) is 0 Å². The van der Waals surface area contributed by atoms with Crippen molar-refractivity contribution in [2.24, 2.45) is 5.92 Å². The van der Waals surface area contributed by atoms with Gasteiger partial charge in [-0.15, -0.1) is 0 Å². The highest BCUT2D eigenvalue weighted by molar-refractivity contribution is 5.70. The van der Waals surface area contributed by atoms with Gasteiger partial charge >= 0.3 is 5.97 Å². The summed E-state index contributed by atoms with van der Waals surface area (Å²) in [5.74, 6) is 0.550. The van der Waals surface area contributed by atoms with Crippen LogP contribution in [-0.2, 0) is 22.4 Å². The summed E-state index contributed by atoms with van der Waals surface area (Å²) in [6.45, 7) is 9.66. The van der Waals surface area contributed by atoms with E-state index >= 15 is 0 Å². The number of nitrogens with one attached hydrogen (secondary N) is 1. The van der Waals surface area contributed by atoms with Gasteiger partial charge in [0.2, 0.25) is 0 Å². The van der Waals surface area contributed by atoms with Gasteiger partial charge in [0.1, 0.15) is 0 Å². The number of esters is 1. The van der Waals surface area contributed by atoms with Crippen molar-refractivity contribution in [2.45, 2.75) is 53.0 Å². The third-order valence-electron chi connectivity index (χ3n) is 3.36. The molecule has 1 atom stereocenters. The molecule has 21 heavy (non-hydrogen) atoms. The maximum absolute atomic E-state index is 11.6. The fourth-order valence-corrected chi connectivity index (χ4v) is 2.49. The Labute approximate surface area is 129 Å². The van der Waals surface area contributed by atoms with Crippen molar-refractivity contribution in [2.75, 3.05) is 13.2 Å². The fraction of sp³-hybridized carbons (Fsp3) is 0.611. The highest BCUT2D eigenvalue weighted by atomic mass is 16.5. The van der Waals surface area contributed by atoms with Gasteiger partial charge in [0.05, 0.1) is 13.0 Å². The van der Waals surface area contributed by atoms with Crippen molar-refractivity contribution >= 4 is 5.97 Å². The number of hydrogen-bond donors (Lipinski definition) is 1. The van der Waals surface area contributed by atoms with Crippen LogP contribution in [0.3, 0.4) is 0 Å². The van der Waals surface area contributed by atoms with E-state index in [1.807, 2.05) is 6.92 Å². The molecule has 3 heteroatoms. The van der Waals surface area contributed by atoms with Crippen LogP contribution in [0.4, 0.5) is 0 Å². The molecule has 0 spiro atoms. The number of ether oxygens (including phenoxy) is 1. The van der Waals surface area contributed by atoms with Crippen molar-refractivity contribution in [3.05, 3.63) is 35.4 Å². The molecule has 118 valence electrons. The van der Waals surface area contributed by atoms with Crippen LogP contribution in [0, 0.1) is 5.92 Å². The number of carbonyl (C=O) groups is 1. The summed E-state index contributed by atoms with van der Waals surface area (Å²) in [7, 11) is 0. The predicted octanol–water partition coefficient (Wildman–Crippen LogP) is 3.36. The molecule has 0 fully saturated rings. The monoisotopic (exact) mass is 291 g/mol. The van der Waals surface area contributed by atoms with Crippen molar-refractivity contribution in [1.29, 1.82) is 0 Å². The average molecular weight is 291 g/mol. The Kier molecular flexibility index (Phi) is 8.06. The number of rotatable bonds is 9. The van der Waals surface area contributed by atoms with Crippen LogP contribution in [0.15, 0.2) is 24.3 Å². The first-order valence-electron chi connectivity index (χ1n) is 8.01. The van der Waals surface area contributed by atoms with Crippen LogP contribution in [0.1, 0.15) is 45.2 Å². The van der Waals surface area contributed by atoms with E-state index in [0.29, 0.717) is 18.9 Å². The first-order valence-corrected chi connectivity index (χ1v) is 8.01. The van der Waals surface area contributed by atoms with Gasteiger partial charge in [0, 0.05) is 6.04 Å². The molecule has 1 aromatic rings. The molecule has 0 saturated carbocycles. The van der Waals surface area contributed by atoms with E-state index in [0.717, 1.165) is 19.4 Å². The fourth-order valence-electron chi connectivity index (χ4n) is 2.49. The molecule has 1 aromatic carbocycles. The second kappa shape index (κ2) is 9.56. The van der Waals surface area contributed by atoms with Crippen LogP contribution in [-0.4, -0.2) is 25.2 Å². The van der Waals surface area contributed by atoms with E-state index in [4.69, 9.17) is 4.74 Å². The molecule has 0 radical (unpaired) electrons. The van der Waals surface area contributed by atoms with E-state index in [9.17, 15) is 4.79 Å². The zero-order valence-corrected chi connectivity index (χ0v) is 13.8. The first kappa shape index (κ1) is 17.7. The molecule has 0 saturated heterocycles. The van der Waals surface area contributed by atoms with Crippen LogP contribution < -0.4 is 5.32 Å². The zero-order chi connectivity index (χ0) is 15.7. The number of benzene rings is 1. The molecule has 0 amide bonds. The summed E-state index contributed by atoms with van der Waals surface area (Å²) in [6, 6.07) is 8.89. The highest BCUT2D eigenvalue weighted by Gasteiger charge is 2.14. The van der Waals surface area contributed by atoms with E-state index in [1.165, 1.54) is 11.1 Å². The second-order valence-electron chi connectivity index (χ2n) is 5.88. The minimum Gasteiger partial charge on any atom is -0.466 e. The Morgan fingerprint density at radius 3 is 2.14 bits per heavy atom. The van der Waals surface area contributed by atoms with Gasteiger partial charge in [-0.25, -0.2) is 0 Å². The third kappa shape index (κ3) is 7.28. The normalized spacial score (nSPS) is 12.4. The lowest BCUT2D eigenvalue weighted by molar-refractivity contribution is -0.143. The van der Waals surface area contributed by atoms with Gasteiger partial charge in [0.25, 0.3) is 0 Å². The second-order valence-corrected chi connectivity index (χ2v) is 5.88. The molecular weight excluding hydrogens is 262 g/mol. The third-order valence-corrected chi connectivity index (χ3v) is 3.36. The van der Waals surface area contributed by atoms with Gasteiger partial charge in [0.15, 0.2) is 0 Å². The maximum Gasteiger partial charge on any atom is 0.307 e. The van der Waals surface area contributed by atoms with Crippen molar-refractivity contribution < 1.29 is 9.53 Å². The molecular formula is C18H29NO2. The molecule has 0 aliphatic carbocycles.